The number of ketones is 1. The third kappa shape index (κ3) is 7.25. The number of Topliss-reactive ketones (excluding diaryl/α,β-unsaturated/α-hetero) is 1. The minimum absolute atomic E-state index is 0.466. The van der Waals surface area contributed by atoms with E-state index < -0.39 is 0 Å². The molecule has 2 rings (SSSR count). The number of hydrogen-bond acceptors (Lipinski definition) is 3. The molecule has 25 heavy (non-hydrogen) atoms. The second kappa shape index (κ2) is 11.4. The lowest BCUT2D eigenvalue weighted by atomic mass is 9.79. The number of rotatable bonds is 11. The fraction of sp³-hybridized carbons (Fsp3) is 0.773. The van der Waals surface area contributed by atoms with Crippen LogP contribution in [0.1, 0.15) is 84.5 Å². The van der Waals surface area contributed by atoms with Gasteiger partial charge in [0.25, 0.3) is 0 Å². The summed E-state index contributed by atoms with van der Waals surface area (Å²) in [6.07, 6.45) is 16.1. The summed E-state index contributed by atoms with van der Waals surface area (Å²) in [5.41, 5.74) is 2.62. The minimum Gasteiger partial charge on any atom is -0.300 e. The van der Waals surface area contributed by atoms with Crippen molar-refractivity contribution in [2.45, 2.75) is 84.5 Å². The van der Waals surface area contributed by atoms with Crippen molar-refractivity contribution in [1.82, 2.24) is 0 Å². The fourth-order valence-corrected chi connectivity index (χ4v) is 3.92. The van der Waals surface area contributed by atoms with Crippen LogP contribution < -0.4 is 0 Å². The van der Waals surface area contributed by atoms with Gasteiger partial charge < -0.3 is 0 Å². The summed E-state index contributed by atoms with van der Waals surface area (Å²) in [6, 6.07) is 0. The molecule has 0 aromatic rings. The van der Waals surface area contributed by atoms with Crippen molar-refractivity contribution in [3.8, 4) is 0 Å². The van der Waals surface area contributed by atoms with E-state index in [9.17, 15) is 4.79 Å². The molecule has 2 atom stereocenters. The Morgan fingerprint density at radius 2 is 1.96 bits per heavy atom. The zero-order chi connectivity index (χ0) is 17.9. The number of dihydropyridines is 1. The zero-order valence-corrected chi connectivity index (χ0v) is 16.3. The highest BCUT2D eigenvalue weighted by atomic mass is 16.1. The van der Waals surface area contributed by atoms with Gasteiger partial charge >= 0.3 is 0 Å². The van der Waals surface area contributed by atoms with Gasteiger partial charge in [-0.3, -0.25) is 14.8 Å². The summed E-state index contributed by atoms with van der Waals surface area (Å²) < 4.78 is 0. The van der Waals surface area contributed by atoms with Crippen LogP contribution in [0.5, 0.6) is 0 Å². The van der Waals surface area contributed by atoms with Crippen LogP contribution in [0.2, 0.25) is 0 Å². The predicted octanol–water partition coefficient (Wildman–Crippen LogP) is 5.58. The smallest absolute Gasteiger partial charge is 0.133 e. The van der Waals surface area contributed by atoms with Gasteiger partial charge in [0.1, 0.15) is 5.78 Å². The van der Waals surface area contributed by atoms with Gasteiger partial charge in [-0.2, -0.15) is 0 Å². The van der Waals surface area contributed by atoms with Crippen molar-refractivity contribution >= 4 is 17.2 Å². The van der Waals surface area contributed by atoms with Crippen LogP contribution in [0.25, 0.3) is 0 Å². The standard InChI is InChI=1S/C22H36N2O/c1-3-4-5-12-21(25)17-19-14-16-24-22(18(19)2)13-7-6-10-20-11-8-9-15-23-20/h8,11,18-19H,3-7,9-10,12-17H2,1-2H3. The molecule has 0 aromatic carbocycles. The highest BCUT2D eigenvalue weighted by Crippen LogP contribution is 2.28. The van der Waals surface area contributed by atoms with E-state index in [1.807, 2.05) is 0 Å². The molecule has 0 aromatic heterocycles. The summed E-state index contributed by atoms with van der Waals surface area (Å²) >= 11 is 0. The maximum Gasteiger partial charge on any atom is 0.133 e. The highest BCUT2D eigenvalue weighted by molar-refractivity contribution is 5.95. The number of carbonyl (C=O) groups excluding carboxylic acids is 1. The molecule has 0 aliphatic carbocycles. The summed E-state index contributed by atoms with van der Waals surface area (Å²) in [5, 5.41) is 0. The monoisotopic (exact) mass is 344 g/mol. The Balaban J connectivity index is 1.68. The van der Waals surface area contributed by atoms with E-state index in [4.69, 9.17) is 4.99 Å². The quantitative estimate of drug-likeness (QED) is 0.451. The zero-order valence-electron chi connectivity index (χ0n) is 16.3. The van der Waals surface area contributed by atoms with Gasteiger partial charge in [0.05, 0.1) is 0 Å². The van der Waals surface area contributed by atoms with Crippen molar-refractivity contribution in [3.05, 3.63) is 12.2 Å². The molecule has 2 aliphatic rings. The molecule has 2 aliphatic heterocycles. The molecule has 0 amide bonds. The van der Waals surface area contributed by atoms with Gasteiger partial charge in [-0.1, -0.05) is 32.8 Å². The Bertz CT molecular complexity index is 504. The molecule has 3 heteroatoms. The largest absolute Gasteiger partial charge is 0.300 e. The number of aliphatic imine (C=N–C) groups is 2. The van der Waals surface area contributed by atoms with Crippen molar-refractivity contribution in [2.24, 2.45) is 21.8 Å². The second-order valence-corrected chi connectivity index (χ2v) is 7.68. The van der Waals surface area contributed by atoms with Crippen molar-refractivity contribution in [3.63, 3.8) is 0 Å². The first kappa shape index (κ1) is 20.1. The van der Waals surface area contributed by atoms with Crippen LogP contribution in [0.4, 0.5) is 0 Å². The molecule has 0 saturated heterocycles. The number of unbranched alkanes of at least 4 members (excludes halogenated alkanes) is 3. The Hall–Kier alpha value is -1.25. The molecule has 3 nitrogen and oxygen atoms in total. The lowest BCUT2D eigenvalue weighted by Crippen LogP contribution is -2.28. The van der Waals surface area contributed by atoms with Gasteiger partial charge in [-0.15, -0.1) is 0 Å². The van der Waals surface area contributed by atoms with E-state index in [2.05, 4.69) is 31.0 Å². The first-order valence-corrected chi connectivity index (χ1v) is 10.5. The van der Waals surface area contributed by atoms with Gasteiger partial charge in [-0.05, 0) is 62.9 Å². The van der Waals surface area contributed by atoms with E-state index >= 15 is 0 Å². The average molecular weight is 345 g/mol. The van der Waals surface area contributed by atoms with Crippen LogP contribution in [0.3, 0.4) is 0 Å². The molecular formula is C22H36N2O. The van der Waals surface area contributed by atoms with Gasteiger partial charge in [0.15, 0.2) is 0 Å². The van der Waals surface area contributed by atoms with Crippen LogP contribution >= 0.6 is 0 Å². The summed E-state index contributed by atoms with van der Waals surface area (Å²) in [6.45, 7) is 6.36. The molecular weight excluding hydrogens is 308 g/mol. The highest BCUT2D eigenvalue weighted by Gasteiger charge is 2.26. The van der Waals surface area contributed by atoms with Gasteiger partial charge in [-0.25, -0.2) is 0 Å². The molecule has 0 N–H and O–H groups in total. The number of nitrogens with zero attached hydrogens (tertiary/aromatic N) is 2. The topological polar surface area (TPSA) is 41.8 Å². The molecule has 0 bridgehead atoms. The lowest BCUT2D eigenvalue weighted by Gasteiger charge is -2.29. The van der Waals surface area contributed by atoms with Gasteiger partial charge in [0.2, 0.25) is 0 Å². The Kier molecular flexibility index (Phi) is 9.14. The molecule has 0 spiro atoms. The van der Waals surface area contributed by atoms with Crippen LogP contribution in [0.15, 0.2) is 22.1 Å². The van der Waals surface area contributed by atoms with Crippen LogP contribution in [0, 0.1) is 11.8 Å². The third-order valence-electron chi connectivity index (χ3n) is 5.63. The molecule has 2 heterocycles. The van der Waals surface area contributed by atoms with E-state index in [1.54, 1.807) is 0 Å². The maximum atomic E-state index is 12.2. The Morgan fingerprint density at radius 1 is 1.12 bits per heavy atom. The van der Waals surface area contributed by atoms with E-state index in [1.165, 1.54) is 37.1 Å². The average Bonchev–Trinajstić information content (AvgIpc) is 2.63. The van der Waals surface area contributed by atoms with Gasteiger partial charge in [0, 0.05) is 37.4 Å². The van der Waals surface area contributed by atoms with E-state index in [0.29, 0.717) is 17.6 Å². The lowest BCUT2D eigenvalue weighted by molar-refractivity contribution is -0.120. The normalized spacial score (nSPS) is 23.3. The third-order valence-corrected chi connectivity index (χ3v) is 5.63. The fourth-order valence-electron chi connectivity index (χ4n) is 3.92. The molecule has 2 unspecified atom stereocenters. The Labute approximate surface area is 154 Å². The first-order valence-electron chi connectivity index (χ1n) is 10.5. The van der Waals surface area contributed by atoms with E-state index in [0.717, 1.165) is 58.0 Å². The molecule has 0 fully saturated rings. The number of hydrogen-bond donors (Lipinski definition) is 0. The van der Waals surface area contributed by atoms with Crippen LogP contribution in [-0.2, 0) is 4.79 Å². The first-order chi connectivity index (χ1) is 12.2. The SMILES string of the molecule is CCCCCC(=O)CC1CCN=C(CCCCC2=NCCC=C2)C1C. The summed E-state index contributed by atoms with van der Waals surface area (Å²) in [4.78, 5) is 21.6. The van der Waals surface area contributed by atoms with Crippen molar-refractivity contribution < 1.29 is 4.79 Å². The second-order valence-electron chi connectivity index (χ2n) is 7.68. The summed E-state index contributed by atoms with van der Waals surface area (Å²) in [7, 11) is 0. The molecule has 140 valence electrons. The maximum absolute atomic E-state index is 12.2. The Morgan fingerprint density at radius 3 is 2.72 bits per heavy atom. The van der Waals surface area contributed by atoms with E-state index in [-0.39, 0.29) is 0 Å². The van der Waals surface area contributed by atoms with Crippen molar-refractivity contribution in [1.29, 1.82) is 0 Å². The number of carbonyl (C=O) groups is 1. The molecule has 0 radical (unpaired) electrons. The van der Waals surface area contributed by atoms with Crippen molar-refractivity contribution in [2.75, 3.05) is 13.1 Å². The predicted molar refractivity (Wildman–Crippen MR) is 108 cm³/mol. The van der Waals surface area contributed by atoms with Crippen LogP contribution in [-0.4, -0.2) is 30.3 Å². The number of allylic oxidation sites excluding steroid dienone is 1. The summed E-state index contributed by atoms with van der Waals surface area (Å²) in [5.74, 6) is 1.47. The minimum atomic E-state index is 0.466. The molecule has 0 saturated carbocycles.